The molecule has 0 saturated heterocycles. The van der Waals surface area contributed by atoms with E-state index in [1.54, 1.807) is 24.2 Å². The lowest BCUT2D eigenvalue weighted by molar-refractivity contribution is -0.123. The van der Waals surface area contributed by atoms with Crippen LogP contribution in [0.1, 0.15) is 27.0 Å². The molecule has 1 aromatic heterocycles. The molecule has 0 atom stereocenters. The van der Waals surface area contributed by atoms with Gasteiger partial charge in [-0.15, -0.1) is 0 Å². The van der Waals surface area contributed by atoms with Crippen molar-refractivity contribution in [1.82, 2.24) is 19.7 Å². The maximum Gasteiger partial charge on any atom is 0.261 e. The molecule has 33 heavy (non-hydrogen) atoms. The van der Waals surface area contributed by atoms with Gasteiger partial charge in [0.05, 0.1) is 19.3 Å². The summed E-state index contributed by atoms with van der Waals surface area (Å²) in [7, 11) is 1.60. The smallest absolute Gasteiger partial charge is 0.261 e. The van der Waals surface area contributed by atoms with E-state index in [0.717, 1.165) is 22.6 Å². The van der Waals surface area contributed by atoms with Crippen LogP contribution in [0.3, 0.4) is 0 Å². The monoisotopic (exact) mass is 436 g/mol. The summed E-state index contributed by atoms with van der Waals surface area (Å²) in [5.41, 5.74) is 4.17. The zero-order chi connectivity index (χ0) is 22.8. The van der Waals surface area contributed by atoms with Crippen molar-refractivity contribution >= 4 is 23.5 Å². The summed E-state index contributed by atoms with van der Waals surface area (Å²) in [5, 5.41) is 4.13. The maximum absolute atomic E-state index is 13.5. The molecule has 0 bridgehead atoms. The fraction of sp³-hybridized carbons (Fsp3) is 0.0769. The molecule has 162 valence electrons. The van der Waals surface area contributed by atoms with Crippen LogP contribution in [0.4, 0.5) is 0 Å². The Labute approximate surface area is 190 Å². The zero-order valence-electron chi connectivity index (χ0n) is 17.9. The van der Waals surface area contributed by atoms with Gasteiger partial charge >= 0.3 is 0 Å². The Kier molecular flexibility index (Phi) is 5.28. The first-order valence-corrected chi connectivity index (χ1v) is 10.4. The number of imide groups is 1. The van der Waals surface area contributed by atoms with E-state index in [1.165, 1.54) is 11.2 Å². The van der Waals surface area contributed by atoms with Crippen molar-refractivity contribution in [3.8, 4) is 11.4 Å². The van der Waals surface area contributed by atoms with Gasteiger partial charge in [-0.2, -0.15) is 5.10 Å². The average molecular weight is 436 g/mol. The van der Waals surface area contributed by atoms with E-state index in [-0.39, 0.29) is 18.4 Å². The van der Waals surface area contributed by atoms with Crippen LogP contribution in [0.25, 0.3) is 17.3 Å². The number of fused-ring (bicyclic) bond motifs is 1. The van der Waals surface area contributed by atoms with E-state index >= 15 is 0 Å². The number of carbonyl (C=O) groups is 2. The minimum absolute atomic E-state index is 0.179. The Balaban J connectivity index is 1.51. The van der Waals surface area contributed by atoms with Crippen LogP contribution < -0.4 is 4.74 Å². The third-order valence-electron chi connectivity index (χ3n) is 5.56. The van der Waals surface area contributed by atoms with Crippen molar-refractivity contribution in [2.75, 3.05) is 7.11 Å². The Morgan fingerprint density at radius 1 is 0.879 bits per heavy atom. The Morgan fingerprint density at radius 3 is 2.27 bits per heavy atom. The summed E-state index contributed by atoms with van der Waals surface area (Å²) in [6, 6.07) is 22.2. The molecule has 0 spiro atoms. The number of benzene rings is 3. The molecule has 0 radical (unpaired) electrons. The Morgan fingerprint density at radius 2 is 1.61 bits per heavy atom. The third-order valence-corrected chi connectivity index (χ3v) is 5.56. The van der Waals surface area contributed by atoms with Gasteiger partial charge in [0.2, 0.25) is 0 Å². The number of hydrogen-bond donors (Lipinski definition) is 0. The van der Waals surface area contributed by atoms with E-state index < -0.39 is 0 Å². The van der Waals surface area contributed by atoms with Crippen molar-refractivity contribution in [2.45, 2.75) is 6.54 Å². The van der Waals surface area contributed by atoms with E-state index in [4.69, 9.17) is 4.74 Å². The summed E-state index contributed by atoms with van der Waals surface area (Å²) in [6.07, 6.45) is 4.92. The minimum atomic E-state index is -0.324. The summed E-state index contributed by atoms with van der Waals surface area (Å²) in [6.45, 7) is 0.179. The minimum Gasteiger partial charge on any atom is -0.497 e. The highest BCUT2D eigenvalue weighted by Gasteiger charge is 2.34. The second-order valence-corrected chi connectivity index (χ2v) is 7.58. The standard InChI is InChI=1S/C26H20N4O3/c1-33-21-12-8-19(9-13-21)15-29-25(31)23-5-3-2-4-22(23)24(26(29)32)14-18-6-10-20(11-7-18)30-17-27-16-28-30/h2-14,16-17H,15H2,1H3. The topological polar surface area (TPSA) is 77.3 Å². The summed E-state index contributed by atoms with van der Waals surface area (Å²) in [4.78, 5) is 31.9. The molecule has 1 aliphatic rings. The van der Waals surface area contributed by atoms with E-state index in [2.05, 4.69) is 10.1 Å². The number of methoxy groups -OCH3 is 1. The van der Waals surface area contributed by atoms with Crippen LogP contribution in [-0.2, 0) is 11.3 Å². The van der Waals surface area contributed by atoms with Crippen LogP contribution in [0.5, 0.6) is 5.75 Å². The van der Waals surface area contributed by atoms with Crippen molar-refractivity contribution in [2.24, 2.45) is 0 Å². The lowest BCUT2D eigenvalue weighted by Crippen LogP contribution is -2.41. The highest BCUT2D eigenvalue weighted by Crippen LogP contribution is 2.31. The summed E-state index contributed by atoms with van der Waals surface area (Å²) in [5.74, 6) is 0.0929. The van der Waals surface area contributed by atoms with Gasteiger partial charge in [0.15, 0.2) is 0 Å². The molecule has 0 fully saturated rings. The van der Waals surface area contributed by atoms with Crippen molar-refractivity contribution in [3.05, 3.63) is 108 Å². The quantitative estimate of drug-likeness (QED) is 0.349. The molecule has 7 nitrogen and oxygen atoms in total. The number of amides is 2. The third kappa shape index (κ3) is 3.92. The number of ether oxygens (including phenoxy) is 1. The highest BCUT2D eigenvalue weighted by molar-refractivity contribution is 6.33. The first kappa shape index (κ1) is 20.4. The molecule has 7 heteroatoms. The first-order valence-electron chi connectivity index (χ1n) is 10.4. The second-order valence-electron chi connectivity index (χ2n) is 7.58. The fourth-order valence-electron chi connectivity index (χ4n) is 3.83. The lowest BCUT2D eigenvalue weighted by Gasteiger charge is -2.28. The molecule has 5 rings (SSSR count). The number of nitrogens with zero attached hydrogens (tertiary/aromatic N) is 4. The lowest BCUT2D eigenvalue weighted by atomic mass is 9.91. The largest absolute Gasteiger partial charge is 0.497 e. The SMILES string of the molecule is COc1ccc(CN2C(=O)C(=Cc3ccc(-n4cncn4)cc3)c3ccccc3C2=O)cc1. The number of hydrogen-bond acceptors (Lipinski definition) is 5. The molecule has 1 aliphatic heterocycles. The second kappa shape index (κ2) is 8.55. The van der Waals surface area contributed by atoms with Gasteiger partial charge in [0, 0.05) is 11.1 Å². The average Bonchev–Trinajstić information content (AvgIpc) is 3.40. The number of carbonyl (C=O) groups excluding carboxylic acids is 2. The number of aromatic nitrogens is 3. The molecule has 2 heterocycles. The predicted molar refractivity (Wildman–Crippen MR) is 124 cm³/mol. The van der Waals surface area contributed by atoms with Gasteiger partial charge < -0.3 is 4.74 Å². The van der Waals surface area contributed by atoms with Gasteiger partial charge in [0.25, 0.3) is 11.8 Å². The van der Waals surface area contributed by atoms with Gasteiger partial charge in [-0.05, 0) is 53.1 Å². The van der Waals surface area contributed by atoms with Crippen LogP contribution in [0.2, 0.25) is 0 Å². The first-order chi connectivity index (χ1) is 16.1. The van der Waals surface area contributed by atoms with E-state index in [1.807, 2.05) is 72.8 Å². The van der Waals surface area contributed by atoms with Crippen molar-refractivity contribution < 1.29 is 14.3 Å². The van der Waals surface area contributed by atoms with E-state index in [0.29, 0.717) is 16.7 Å². The Bertz CT molecular complexity index is 1340. The van der Waals surface area contributed by atoms with Gasteiger partial charge in [-0.25, -0.2) is 9.67 Å². The Hall–Kier alpha value is -4.52. The molecular weight excluding hydrogens is 416 g/mol. The van der Waals surface area contributed by atoms with Crippen LogP contribution in [0.15, 0.2) is 85.5 Å². The molecule has 0 N–H and O–H groups in total. The molecule has 3 aromatic carbocycles. The van der Waals surface area contributed by atoms with Crippen LogP contribution in [0, 0.1) is 0 Å². The zero-order valence-corrected chi connectivity index (χ0v) is 17.9. The maximum atomic E-state index is 13.5. The van der Waals surface area contributed by atoms with Crippen LogP contribution >= 0.6 is 0 Å². The fourth-order valence-corrected chi connectivity index (χ4v) is 3.83. The normalized spacial score (nSPS) is 14.5. The molecule has 0 aliphatic carbocycles. The van der Waals surface area contributed by atoms with Gasteiger partial charge in [-0.3, -0.25) is 14.5 Å². The summed E-state index contributed by atoms with van der Waals surface area (Å²) >= 11 is 0. The molecule has 4 aromatic rings. The predicted octanol–water partition coefficient (Wildman–Crippen LogP) is 4.00. The van der Waals surface area contributed by atoms with Crippen molar-refractivity contribution in [1.29, 1.82) is 0 Å². The highest BCUT2D eigenvalue weighted by atomic mass is 16.5. The van der Waals surface area contributed by atoms with E-state index in [9.17, 15) is 9.59 Å². The molecule has 0 saturated carbocycles. The number of rotatable bonds is 5. The van der Waals surface area contributed by atoms with Gasteiger partial charge in [-0.1, -0.05) is 42.5 Å². The molecule has 0 unspecified atom stereocenters. The van der Waals surface area contributed by atoms with Crippen LogP contribution in [-0.4, -0.2) is 38.6 Å². The van der Waals surface area contributed by atoms with Crippen molar-refractivity contribution in [3.63, 3.8) is 0 Å². The molecular formula is C26H20N4O3. The molecule has 2 amide bonds. The summed E-state index contributed by atoms with van der Waals surface area (Å²) < 4.78 is 6.86. The van der Waals surface area contributed by atoms with Gasteiger partial charge in [0.1, 0.15) is 18.4 Å².